The van der Waals surface area contributed by atoms with E-state index in [1.165, 1.54) is 50.8 Å². The van der Waals surface area contributed by atoms with Gasteiger partial charge in [0.2, 0.25) is 0 Å². The zero-order valence-corrected chi connectivity index (χ0v) is 17.8. The first kappa shape index (κ1) is 20.5. The maximum Gasteiger partial charge on any atom is 0.191 e. The van der Waals surface area contributed by atoms with E-state index in [0.29, 0.717) is 6.04 Å². The molecule has 0 saturated heterocycles. The Labute approximate surface area is 168 Å². The zero-order valence-electron chi connectivity index (χ0n) is 15.5. The Hall–Kier alpha value is -0.860. The summed E-state index contributed by atoms with van der Waals surface area (Å²) in [6.45, 7) is 4.96. The minimum absolute atomic E-state index is 0. The van der Waals surface area contributed by atoms with Crippen molar-refractivity contribution in [1.82, 2.24) is 25.4 Å². The van der Waals surface area contributed by atoms with Gasteiger partial charge >= 0.3 is 0 Å². The van der Waals surface area contributed by atoms with Crippen LogP contribution in [0.15, 0.2) is 4.99 Å². The SMILES string of the molecule is CCNC(=NCCCc1nnc2n1CCCCC2)NC1CCCC1.I. The Morgan fingerprint density at radius 1 is 1.16 bits per heavy atom. The van der Waals surface area contributed by atoms with Crippen LogP contribution in [0.1, 0.15) is 69.9 Å². The molecule has 142 valence electrons. The van der Waals surface area contributed by atoms with E-state index in [-0.39, 0.29) is 24.0 Å². The number of hydrogen-bond acceptors (Lipinski definition) is 3. The van der Waals surface area contributed by atoms with Gasteiger partial charge in [-0.3, -0.25) is 4.99 Å². The van der Waals surface area contributed by atoms with Crippen LogP contribution in [0.25, 0.3) is 0 Å². The molecule has 0 radical (unpaired) electrons. The molecule has 0 unspecified atom stereocenters. The first-order valence-corrected chi connectivity index (χ1v) is 9.82. The van der Waals surface area contributed by atoms with E-state index in [2.05, 4.69) is 32.3 Å². The van der Waals surface area contributed by atoms with Gasteiger partial charge in [0.1, 0.15) is 11.6 Å². The second-order valence-electron chi connectivity index (χ2n) is 6.98. The largest absolute Gasteiger partial charge is 0.357 e. The number of halogens is 1. The van der Waals surface area contributed by atoms with E-state index < -0.39 is 0 Å². The number of nitrogens with one attached hydrogen (secondary N) is 2. The quantitative estimate of drug-likeness (QED) is 0.297. The molecule has 2 aliphatic rings. The monoisotopic (exact) mass is 460 g/mol. The van der Waals surface area contributed by atoms with Crippen molar-refractivity contribution in [2.75, 3.05) is 13.1 Å². The van der Waals surface area contributed by atoms with Crippen molar-refractivity contribution in [2.24, 2.45) is 4.99 Å². The van der Waals surface area contributed by atoms with Gasteiger partial charge in [-0.2, -0.15) is 0 Å². The van der Waals surface area contributed by atoms with Crippen molar-refractivity contribution in [3.05, 3.63) is 11.6 Å². The number of aryl methyl sites for hydroxylation is 2. The van der Waals surface area contributed by atoms with E-state index >= 15 is 0 Å². The summed E-state index contributed by atoms with van der Waals surface area (Å²) >= 11 is 0. The van der Waals surface area contributed by atoms with Gasteiger partial charge in [-0.25, -0.2) is 0 Å². The van der Waals surface area contributed by atoms with Crippen molar-refractivity contribution < 1.29 is 0 Å². The van der Waals surface area contributed by atoms with Gasteiger partial charge in [-0.15, -0.1) is 34.2 Å². The number of aromatic nitrogens is 3. The van der Waals surface area contributed by atoms with E-state index in [4.69, 9.17) is 4.99 Å². The van der Waals surface area contributed by atoms with Crippen LogP contribution in [0.5, 0.6) is 0 Å². The normalized spacial score (nSPS) is 18.4. The van der Waals surface area contributed by atoms with Crippen molar-refractivity contribution >= 4 is 29.9 Å². The van der Waals surface area contributed by atoms with Gasteiger partial charge < -0.3 is 15.2 Å². The Morgan fingerprint density at radius 3 is 2.80 bits per heavy atom. The van der Waals surface area contributed by atoms with Gasteiger partial charge in [-0.1, -0.05) is 19.3 Å². The minimum Gasteiger partial charge on any atom is -0.357 e. The molecule has 6 nitrogen and oxygen atoms in total. The summed E-state index contributed by atoms with van der Waals surface area (Å²) in [5, 5.41) is 15.7. The number of fused-ring (bicyclic) bond motifs is 1. The lowest BCUT2D eigenvalue weighted by atomic mass is 10.2. The summed E-state index contributed by atoms with van der Waals surface area (Å²) in [5.41, 5.74) is 0. The molecule has 1 aromatic heterocycles. The van der Waals surface area contributed by atoms with Crippen molar-refractivity contribution in [3.63, 3.8) is 0 Å². The van der Waals surface area contributed by atoms with E-state index in [9.17, 15) is 0 Å². The fourth-order valence-corrected chi connectivity index (χ4v) is 3.74. The lowest BCUT2D eigenvalue weighted by molar-refractivity contribution is 0.595. The van der Waals surface area contributed by atoms with Gasteiger partial charge in [0.05, 0.1) is 0 Å². The molecular formula is C18H33IN6. The van der Waals surface area contributed by atoms with Crippen LogP contribution >= 0.6 is 24.0 Å². The Balaban J connectivity index is 0.00000225. The molecule has 1 aliphatic heterocycles. The summed E-state index contributed by atoms with van der Waals surface area (Å²) in [4.78, 5) is 4.74. The number of guanidine groups is 1. The molecule has 1 fully saturated rings. The Morgan fingerprint density at radius 2 is 2.00 bits per heavy atom. The van der Waals surface area contributed by atoms with E-state index in [1.807, 2.05) is 0 Å². The van der Waals surface area contributed by atoms with Crippen molar-refractivity contribution in [3.8, 4) is 0 Å². The molecule has 3 rings (SSSR count). The number of rotatable bonds is 6. The third kappa shape index (κ3) is 6.11. The van der Waals surface area contributed by atoms with Crippen molar-refractivity contribution in [2.45, 2.75) is 83.7 Å². The van der Waals surface area contributed by atoms with Crippen LogP contribution in [0, 0.1) is 0 Å². The standard InChI is InChI=1S/C18H32N6.HI/c1-2-19-18(21-15-9-5-6-10-15)20-13-8-12-17-23-22-16-11-4-3-7-14-24(16)17;/h15H,2-14H2,1H3,(H2,19,20,21);1H. The zero-order chi connectivity index (χ0) is 16.6. The maximum absolute atomic E-state index is 4.74. The summed E-state index contributed by atoms with van der Waals surface area (Å²) in [5.74, 6) is 3.31. The molecule has 1 saturated carbocycles. The molecule has 2 heterocycles. The second-order valence-corrected chi connectivity index (χ2v) is 6.98. The van der Waals surface area contributed by atoms with Crippen LogP contribution in [-0.4, -0.2) is 39.9 Å². The molecule has 0 atom stereocenters. The molecule has 0 aromatic carbocycles. The fraction of sp³-hybridized carbons (Fsp3) is 0.833. The van der Waals surface area contributed by atoms with Crippen LogP contribution in [0.4, 0.5) is 0 Å². The summed E-state index contributed by atoms with van der Waals surface area (Å²) < 4.78 is 2.35. The fourth-order valence-electron chi connectivity index (χ4n) is 3.74. The first-order valence-electron chi connectivity index (χ1n) is 9.82. The van der Waals surface area contributed by atoms with E-state index in [1.54, 1.807) is 0 Å². The third-order valence-corrected chi connectivity index (χ3v) is 5.05. The number of hydrogen-bond donors (Lipinski definition) is 2. The van der Waals surface area contributed by atoms with Crippen LogP contribution in [0.3, 0.4) is 0 Å². The predicted octanol–water partition coefficient (Wildman–Crippen LogP) is 3.05. The Bertz CT molecular complexity index is 536. The molecule has 25 heavy (non-hydrogen) atoms. The lowest BCUT2D eigenvalue weighted by Crippen LogP contribution is -2.42. The topological polar surface area (TPSA) is 67.1 Å². The molecule has 7 heteroatoms. The van der Waals surface area contributed by atoms with Gasteiger partial charge in [-0.05, 0) is 39.0 Å². The van der Waals surface area contributed by atoms with Gasteiger partial charge in [0.15, 0.2) is 5.96 Å². The summed E-state index contributed by atoms with van der Waals surface area (Å²) in [6.07, 6.45) is 12.1. The molecular weight excluding hydrogens is 427 g/mol. The van der Waals surface area contributed by atoms with E-state index in [0.717, 1.165) is 50.7 Å². The van der Waals surface area contributed by atoms with Crippen LogP contribution in [0.2, 0.25) is 0 Å². The smallest absolute Gasteiger partial charge is 0.191 e. The second kappa shape index (κ2) is 11.0. The minimum atomic E-state index is 0. The van der Waals surface area contributed by atoms with Gasteiger partial charge in [0.25, 0.3) is 0 Å². The predicted molar refractivity (Wildman–Crippen MR) is 113 cm³/mol. The van der Waals surface area contributed by atoms with Gasteiger partial charge in [0, 0.05) is 38.5 Å². The first-order chi connectivity index (χ1) is 11.9. The Kier molecular flexibility index (Phi) is 8.98. The molecule has 0 bridgehead atoms. The number of aliphatic imine (C=N–C) groups is 1. The molecule has 1 aliphatic carbocycles. The maximum atomic E-state index is 4.74. The highest BCUT2D eigenvalue weighted by atomic mass is 127. The third-order valence-electron chi connectivity index (χ3n) is 5.05. The number of nitrogens with zero attached hydrogens (tertiary/aromatic N) is 4. The summed E-state index contributed by atoms with van der Waals surface area (Å²) in [7, 11) is 0. The molecule has 0 spiro atoms. The lowest BCUT2D eigenvalue weighted by Gasteiger charge is -2.16. The highest BCUT2D eigenvalue weighted by Gasteiger charge is 2.16. The highest BCUT2D eigenvalue weighted by molar-refractivity contribution is 14.0. The molecule has 1 aromatic rings. The average Bonchev–Trinajstić information content (AvgIpc) is 3.16. The van der Waals surface area contributed by atoms with Crippen LogP contribution in [-0.2, 0) is 19.4 Å². The highest BCUT2D eigenvalue weighted by Crippen LogP contribution is 2.17. The van der Waals surface area contributed by atoms with Crippen LogP contribution < -0.4 is 10.6 Å². The molecule has 2 N–H and O–H groups in total. The van der Waals surface area contributed by atoms with Crippen molar-refractivity contribution in [1.29, 1.82) is 0 Å². The average molecular weight is 460 g/mol. The molecule has 0 amide bonds. The summed E-state index contributed by atoms with van der Waals surface area (Å²) in [6, 6.07) is 0.607.